The third-order valence-corrected chi connectivity index (χ3v) is 4.55. The molecule has 1 saturated carbocycles. The van der Waals surface area contributed by atoms with Crippen molar-refractivity contribution < 1.29 is 4.79 Å². The average molecular weight is 300 g/mol. The van der Waals surface area contributed by atoms with Gasteiger partial charge in [0.05, 0.1) is 6.54 Å². The molecular formula is C17H20N2OS. The number of benzene rings is 1. The monoisotopic (exact) mass is 300 g/mol. The van der Waals surface area contributed by atoms with Crippen molar-refractivity contribution in [2.75, 3.05) is 6.54 Å². The van der Waals surface area contributed by atoms with Crippen molar-refractivity contribution in [2.24, 2.45) is 5.92 Å². The summed E-state index contributed by atoms with van der Waals surface area (Å²) in [5.74, 6) is 0.597. The van der Waals surface area contributed by atoms with Crippen LogP contribution < -0.4 is 0 Å². The minimum absolute atomic E-state index is 0.279. The Morgan fingerprint density at radius 3 is 2.76 bits per heavy atom. The number of aromatic nitrogens is 1. The second-order valence-corrected chi connectivity index (χ2v) is 6.53. The first kappa shape index (κ1) is 14.3. The summed E-state index contributed by atoms with van der Waals surface area (Å²) in [5, 5.41) is 3.00. The van der Waals surface area contributed by atoms with Crippen molar-refractivity contribution in [3.8, 4) is 0 Å². The first-order valence-electron chi connectivity index (χ1n) is 7.54. The molecule has 21 heavy (non-hydrogen) atoms. The van der Waals surface area contributed by atoms with Gasteiger partial charge in [-0.25, -0.2) is 4.98 Å². The molecular weight excluding hydrogens is 280 g/mol. The van der Waals surface area contributed by atoms with E-state index in [-0.39, 0.29) is 5.92 Å². The maximum Gasteiger partial charge on any atom is 0.226 e. The van der Waals surface area contributed by atoms with Crippen molar-refractivity contribution >= 4 is 17.2 Å². The maximum atomic E-state index is 12.4. The number of aryl methyl sites for hydroxylation is 1. The highest BCUT2D eigenvalue weighted by atomic mass is 32.1. The molecule has 0 radical (unpaired) electrons. The number of carbonyl (C=O) groups is 1. The largest absolute Gasteiger partial charge is 0.336 e. The van der Waals surface area contributed by atoms with Crippen LogP contribution in [0.1, 0.15) is 29.8 Å². The molecule has 0 aliphatic heterocycles. The lowest BCUT2D eigenvalue weighted by Crippen LogP contribution is -2.32. The molecule has 0 saturated heterocycles. The van der Waals surface area contributed by atoms with Crippen LogP contribution in [0.4, 0.5) is 0 Å². The van der Waals surface area contributed by atoms with Crippen molar-refractivity contribution in [3.05, 3.63) is 52.5 Å². The van der Waals surface area contributed by atoms with Crippen LogP contribution in [-0.4, -0.2) is 22.3 Å². The molecule has 110 valence electrons. The fourth-order valence-electron chi connectivity index (χ4n) is 2.47. The molecule has 0 bridgehead atoms. The van der Waals surface area contributed by atoms with Gasteiger partial charge in [-0.1, -0.05) is 30.3 Å². The molecule has 1 amide bonds. The molecule has 3 nitrogen and oxygen atoms in total. The Morgan fingerprint density at radius 1 is 1.29 bits per heavy atom. The Bertz CT molecular complexity index is 564. The highest BCUT2D eigenvalue weighted by Gasteiger charge is 2.33. The molecule has 0 atom stereocenters. The smallest absolute Gasteiger partial charge is 0.226 e. The summed E-state index contributed by atoms with van der Waals surface area (Å²) in [6, 6.07) is 10.5. The standard InChI is InChI=1S/C17H20N2OS/c20-17(15-8-9-15)19(13-16-18-10-12-21-16)11-4-7-14-5-2-1-3-6-14/h1-3,5-6,10,12,15H,4,7-9,11,13H2. The summed E-state index contributed by atoms with van der Waals surface area (Å²) in [6.07, 6.45) is 5.96. The zero-order chi connectivity index (χ0) is 14.5. The van der Waals surface area contributed by atoms with Crippen molar-refractivity contribution in [1.82, 2.24) is 9.88 Å². The highest BCUT2D eigenvalue weighted by molar-refractivity contribution is 7.09. The molecule has 3 rings (SSSR count). The molecule has 1 aliphatic carbocycles. The minimum Gasteiger partial charge on any atom is -0.336 e. The van der Waals surface area contributed by atoms with Crippen LogP contribution in [-0.2, 0) is 17.8 Å². The summed E-state index contributed by atoms with van der Waals surface area (Å²) in [5.41, 5.74) is 1.34. The highest BCUT2D eigenvalue weighted by Crippen LogP contribution is 2.31. The SMILES string of the molecule is O=C(C1CC1)N(CCCc1ccccc1)Cc1nccs1. The zero-order valence-electron chi connectivity index (χ0n) is 12.1. The van der Waals surface area contributed by atoms with E-state index in [1.165, 1.54) is 5.56 Å². The van der Waals surface area contributed by atoms with Gasteiger partial charge in [0.15, 0.2) is 0 Å². The van der Waals surface area contributed by atoms with E-state index >= 15 is 0 Å². The molecule has 1 aliphatic rings. The Hall–Kier alpha value is -1.68. The predicted molar refractivity (Wildman–Crippen MR) is 85.0 cm³/mol. The zero-order valence-corrected chi connectivity index (χ0v) is 12.9. The van der Waals surface area contributed by atoms with Gasteiger partial charge in [0.1, 0.15) is 5.01 Å². The van der Waals surface area contributed by atoms with E-state index in [0.29, 0.717) is 12.5 Å². The van der Waals surface area contributed by atoms with Gasteiger partial charge in [-0.2, -0.15) is 0 Å². The lowest BCUT2D eigenvalue weighted by atomic mass is 10.1. The Kier molecular flexibility index (Phi) is 4.65. The van der Waals surface area contributed by atoms with Gasteiger partial charge in [0.25, 0.3) is 0 Å². The number of hydrogen-bond donors (Lipinski definition) is 0. The third-order valence-electron chi connectivity index (χ3n) is 3.78. The first-order chi connectivity index (χ1) is 10.3. The number of hydrogen-bond acceptors (Lipinski definition) is 3. The van der Waals surface area contributed by atoms with Crippen molar-refractivity contribution in [3.63, 3.8) is 0 Å². The summed E-state index contributed by atoms with van der Waals surface area (Å²) >= 11 is 1.63. The first-order valence-corrected chi connectivity index (χ1v) is 8.42. The Labute approximate surface area is 129 Å². The van der Waals surface area contributed by atoms with Gasteiger partial charge in [-0.15, -0.1) is 11.3 Å². The Morgan fingerprint density at radius 2 is 2.10 bits per heavy atom. The molecule has 4 heteroatoms. The topological polar surface area (TPSA) is 33.2 Å². The molecule has 1 heterocycles. The molecule has 0 N–H and O–H groups in total. The van der Waals surface area contributed by atoms with Crippen LogP contribution in [0.2, 0.25) is 0 Å². The second-order valence-electron chi connectivity index (χ2n) is 5.55. The van der Waals surface area contributed by atoms with Crippen molar-refractivity contribution in [2.45, 2.75) is 32.2 Å². The predicted octanol–water partition coefficient (Wildman–Crippen LogP) is 3.51. The normalized spacial score (nSPS) is 14.1. The summed E-state index contributed by atoms with van der Waals surface area (Å²) in [7, 11) is 0. The average Bonchev–Trinajstić information content (AvgIpc) is 3.24. The van der Waals surface area contributed by atoms with E-state index in [4.69, 9.17) is 0 Å². The van der Waals surface area contributed by atoms with Gasteiger partial charge < -0.3 is 4.90 Å². The third kappa shape index (κ3) is 4.14. The lowest BCUT2D eigenvalue weighted by Gasteiger charge is -2.21. The van der Waals surface area contributed by atoms with Gasteiger partial charge in [-0.05, 0) is 31.2 Å². The molecule has 1 aromatic heterocycles. The van der Waals surface area contributed by atoms with Crippen LogP contribution in [0.25, 0.3) is 0 Å². The molecule has 2 aromatic rings. The fraction of sp³-hybridized carbons (Fsp3) is 0.412. The van der Waals surface area contributed by atoms with Crippen LogP contribution in [0, 0.1) is 5.92 Å². The van der Waals surface area contributed by atoms with E-state index in [1.807, 2.05) is 22.5 Å². The fourth-order valence-corrected chi connectivity index (χ4v) is 3.10. The molecule has 0 spiro atoms. The minimum atomic E-state index is 0.279. The van der Waals surface area contributed by atoms with Crippen LogP contribution in [0.15, 0.2) is 41.9 Å². The van der Waals surface area contributed by atoms with Crippen LogP contribution >= 0.6 is 11.3 Å². The van der Waals surface area contributed by atoms with E-state index < -0.39 is 0 Å². The van der Waals surface area contributed by atoms with E-state index in [0.717, 1.165) is 37.2 Å². The number of thiazole rings is 1. The van der Waals surface area contributed by atoms with Crippen LogP contribution in [0.5, 0.6) is 0 Å². The maximum absolute atomic E-state index is 12.4. The van der Waals surface area contributed by atoms with E-state index in [1.54, 1.807) is 11.3 Å². The lowest BCUT2D eigenvalue weighted by molar-refractivity contribution is -0.133. The number of amides is 1. The summed E-state index contributed by atoms with van der Waals surface area (Å²) in [6.45, 7) is 1.49. The second kappa shape index (κ2) is 6.85. The number of rotatable bonds is 7. The Balaban J connectivity index is 1.55. The van der Waals surface area contributed by atoms with Crippen LogP contribution in [0.3, 0.4) is 0 Å². The quantitative estimate of drug-likeness (QED) is 0.784. The summed E-state index contributed by atoms with van der Waals surface area (Å²) < 4.78 is 0. The van der Waals surface area contributed by atoms with Gasteiger partial charge in [0, 0.05) is 24.0 Å². The van der Waals surface area contributed by atoms with E-state index in [2.05, 4.69) is 29.2 Å². The number of carbonyl (C=O) groups excluding carboxylic acids is 1. The van der Waals surface area contributed by atoms with E-state index in [9.17, 15) is 4.79 Å². The van der Waals surface area contributed by atoms with Gasteiger partial charge in [-0.3, -0.25) is 4.79 Å². The molecule has 1 fully saturated rings. The molecule has 1 aromatic carbocycles. The number of nitrogens with zero attached hydrogens (tertiary/aromatic N) is 2. The summed E-state index contributed by atoms with van der Waals surface area (Å²) in [4.78, 5) is 18.7. The molecule has 0 unspecified atom stereocenters. The van der Waals surface area contributed by atoms with Crippen molar-refractivity contribution in [1.29, 1.82) is 0 Å². The van der Waals surface area contributed by atoms with Gasteiger partial charge >= 0.3 is 0 Å². The van der Waals surface area contributed by atoms with Gasteiger partial charge in [0.2, 0.25) is 5.91 Å².